The summed E-state index contributed by atoms with van der Waals surface area (Å²) in [7, 11) is 0. The van der Waals surface area contributed by atoms with Gasteiger partial charge in [0.1, 0.15) is 5.65 Å². The average molecular weight is 173 g/mol. The van der Waals surface area contributed by atoms with Crippen LogP contribution in [0.5, 0.6) is 0 Å². The highest BCUT2D eigenvalue weighted by Gasteiger charge is 2.27. The Morgan fingerprint density at radius 1 is 1.46 bits per heavy atom. The number of nitrogens with one attached hydrogen (secondary N) is 1. The van der Waals surface area contributed by atoms with E-state index in [4.69, 9.17) is 5.73 Å². The quantitative estimate of drug-likeness (QED) is 0.693. The average Bonchev–Trinajstić information content (AvgIpc) is 2.87. The smallest absolute Gasteiger partial charge is 0.139 e. The fraction of sp³-hybridized carbons (Fsp3) is 0.300. The van der Waals surface area contributed by atoms with Gasteiger partial charge in [-0.25, -0.2) is 4.98 Å². The van der Waals surface area contributed by atoms with Gasteiger partial charge in [-0.3, -0.25) is 0 Å². The summed E-state index contributed by atoms with van der Waals surface area (Å²) in [5.41, 5.74) is 9.01. The molecule has 1 aliphatic rings. The van der Waals surface area contributed by atoms with Crippen LogP contribution in [0.2, 0.25) is 0 Å². The summed E-state index contributed by atoms with van der Waals surface area (Å²) in [5, 5.41) is 1.13. The van der Waals surface area contributed by atoms with Crippen LogP contribution in [0.1, 0.15) is 24.3 Å². The molecule has 0 radical (unpaired) electrons. The maximum absolute atomic E-state index is 5.91. The van der Waals surface area contributed by atoms with Gasteiger partial charge < -0.3 is 10.7 Å². The zero-order valence-corrected chi connectivity index (χ0v) is 7.25. The Morgan fingerprint density at radius 2 is 2.31 bits per heavy atom. The lowest BCUT2D eigenvalue weighted by Crippen LogP contribution is -1.88. The van der Waals surface area contributed by atoms with Gasteiger partial charge in [0.25, 0.3) is 0 Å². The molecule has 0 saturated heterocycles. The standard InChI is InChI=1S/C10H11N3/c11-8-3-4-12-10-9(8)7(5-13-10)6-1-2-6/h3-6H,1-2H2,(H3,11,12,13). The Labute approximate surface area is 76.0 Å². The molecule has 1 fully saturated rings. The topological polar surface area (TPSA) is 54.7 Å². The lowest BCUT2D eigenvalue weighted by molar-refractivity contribution is 1.15. The maximum atomic E-state index is 5.91. The number of pyridine rings is 1. The summed E-state index contributed by atoms with van der Waals surface area (Å²) in [6.07, 6.45) is 6.37. The van der Waals surface area contributed by atoms with Crippen molar-refractivity contribution < 1.29 is 0 Å². The molecule has 1 saturated carbocycles. The maximum Gasteiger partial charge on any atom is 0.139 e. The minimum Gasteiger partial charge on any atom is -0.398 e. The summed E-state index contributed by atoms with van der Waals surface area (Å²) in [6, 6.07) is 1.86. The highest BCUT2D eigenvalue weighted by molar-refractivity contribution is 5.91. The van der Waals surface area contributed by atoms with Crippen LogP contribution in [0.4, 0.5) is 5.69 Å². The van der Waals surface area contributed by atoms with E-state index in [9.17, 15) is 0 Å². The number of H-pyrrole nitrogens is 1. The van der Waals surface area contributed by atoms with Crippen molar-refractivity contribution in [2.75, 3.05) is 5.73 Å². The molecule has 3 nitrogen and oxygen atoms in total. The number of nitrogens with two attached hydrogens (primary N) is 1. The Balaban J connectivity index is 2.34. The minimum absolute atomic E-state index is 0.722. The van der Waals surface area contributed by atoms with Crippen molar-refractivity contribution >= 4 is 16.7 Å². The first-order chi connectivity index (χ1) is 6.36. The van der Waals surface area contributed by atoms with E-state index in [1.165, 1.54) is 18.4 Å². The molecule has 0 aliphatic heterocycles. The van der Waals surface area contributed by atoms with Gasteiger partial charge in [0.15, 0.2) is 0 Å². The molecule has 1 aliphatic carbocycles. The number of nitrogen functional groups attached to an aromatic ring is 1. The van der Waals surface area contributed by atoms with Crippen LogP contribution < -0.4 is 5.73 Å². The summed E-state index contributed by atoms with van der Waals surface area (Å²) < 4.78 is 0. The molecular weight excluding hydrogens is 162 g/mol. The zero-order chi connectivity index (χ0) is 8.84. The molecule has 13 heavy (non-hydrogen) atoms. The van der Waals surface area contributed by atoms with E-state index in [0.717, 1.165) is 22.6 Å². The predicted octanol–water partition coefficient (Wildman–Crippen LogP) is 2.02. The highest BCUT2D eigenvalue weighted by Crippen LogP contribution is 2.44. The van der Waals surface area contributed by atoms with Crippen molar-refractivity contribution in [3.8, 4) is 0 Å². The summed E-state index contributed by atoms with van der Waals surface area (Å²) in [5.74, 6) is 0.722. The fourth-order valence-corrected chi connectivity index (χ4v) is 1.82. The molecule has 2 heterocycles. The van der Waals surface area contributed by atoms with E-state index in [1.807, 2.05) is 12.3 Å². The van der Waals surface area contributed by atoms with E-state index in [0.29, 0.717) is 0 Å². The second-order valence-corrected chi connectivity index (χ2v) is 3.64. The second kappa shape index (κ2) is 2.25. The first-order valence-electron chi connectivity index (χ1n) is 4.58. The summed E-state index contributed by atoms with van der Waals surface area (Å²) >= 11 is 0. The monoisotopic (exact) mass is 173 g/mol. The van der Waals surface area contributed by atoms with Crippen LogP contribution in [-0.2, 0) is 0 Å². The van der Waals surface area contributed by atoms with Crippen molar-refractivity contribution in [1.29, 1.82) is 0 Å². The van der Waals surface area contributed by atoms with Gasteiger partial charge in [-0.2, -0.15) is 0 Å². The van der Waals surface area contributed by atoms with Crippen LogP contribution in [-0.4, -0.2) is 9.97 Å². The van der Waals surface area contributed by atoms with Gasteiger partial charge in [0, 0.05) is 23.5 Å². The van der Waals surface area contributed by atoms with Crippen molar-refractivity contribution in [1.82, 2.24) is 9.97 Å². The van der Waals surface area contributed by atoms with Gasteiger partial charge >= 0.3 is 0 Å². The molecule has 66 valence electrons. The third kappa shape index (κ3) is 0.932. The van der Waals surface area contributed by atoms with Gasteiger partial charge in [-0.05, 0) is 30.4 Å². The first kappa shape index (κ1) is 6.95. The van der Waals surface area contributed by atoms with Crippen molar-refractivity contribution in [2.24, 2.45) is 0 Å². The van der Waals surface area contributed by atoms with Crippen molar-refractivity contribution in [3.63, 3.8) is 0 Å². The Morgan fingerprint density at radius 3 is 3.08 bits per heavy atom. The SMILES string of the molecule is Nc1ccnc2[nH]cc(C3CC3)c12. The molecule has 0 spiro atoms. The minimum atomic E-state index is 0.722. The lowest BCUT2D eigenvalue weighted by atomic mass is 10.1. The van der Waals surface area contributed by atoms with Gasteiger partial charge in [0.2, 0.25) is 0 Å². The number of rotatable bonds is 1. The van der Waals surface area contributed by atoms with Gasteiger partial charge in [-0.1, -0.05) is 0 Å². The van der Waals surface area contributed by atoms with E-state index in [-0.39, 0.29) is 0 Å². The first-order valence-corrected chi connectivity index (χ1v) is 4.58. The molecule has 3 N–H and O–H groups in total. The van der Waals surface area contributed by atoms with E-state index in [2.05, 4.69) is 9.97 Å². The molecule has 0 aromatic carbocycles. The Bertz CT molecular complexity index is 454. The van der Waals surface area contributed by atoms with Crippen LogP contribution in [0, 0.1) is 0 Å². The number of aromatic amines is 1. The molecule has 0 amide bonds. The molecule has 0 unspecified atom stereocenters. The van der Waals surface area contributed by atoms with Crippen LogP contribution >= 0.6 is 0 Å². The lowest BCUT2D eigenvalue weighted by Gasteiger charge is -1.97. The number of aromatic nitrogens is 2. The van der Waals surface area contributed by atoms with E-state index >= 15 is 0 Å². The van der Waals surface area contributed by atoms with Crippen molar-refractivity contribution in [3.05, 3.63) is 24.0 Å². The normalized spacial score (nSPS) is 16.6. The molecular formula is C10H11N3. The van der Waals surface area contributed by atoms with Crippen LogP contribution in [0.15, 0.2) is 18.5 Å². The third-order valence-corrected chi connectivity index (χ3v) is 2.65. The Hall–Kier alpha value is -1.51. The third-order valence-electron chi connectivity index (χ3n) is 2.65. The fourth-order valence-electron chi connectivity index (χ4n) is 1.82. The summed E-state index contributed by atoms with van der Waals surface area (Å²) in [6.45, 7) is 0. The number of hydrogen-bond donors (Lipinski definition) is 2. The number of fused-ring (bicyclic) bond motifs is 1. The largest absolute Gasteiger partial charge is 0.398 e. The molecule has 0 bridgehead atoms. The summed E-state index contributed by atoms with van der Waals surface area (Å²) in [4.78, 5) is 7.40. The van der Waals surface area contributed by atoms with Crippen molar-refractivity contribution in [2.45, 2.75) is 18.8 Å². The molecule has 3 heteroatoms. The zero-order valence-electron chi connectivity index (χ0n) is 7.25. The number of anilines is 1. The predicted molar refractivity (Wildman–Crippen MR) is 52.5 cm³/mol. The molecule has 2 aromatic heterocycles. The van der Waals surface area contributed by atoms with Gasteiger partial charge in [-0.15, -0.1) is 0 Å². The van der Waals surface area contributed by atoms with Crippen LogP contribution in [0.25, 0.3) is 11.0 Å². The van der Waals surface area contributed by atoms with E-state index < -0.39 is 0 Å². The second-order valence-electron chi connectivity index (χ2n) is 3.64. The van der Waals surface area contributed by atoms with Gasteiger partial charge in [0.05, 0.1) is 0 Å². The van der Waals surface area contributed by atoms with Crippen LogP contribution in [0.3, 0.4) is 0 Å². The number of nitrogens with zero attached hydrogens (tertiary/aromatic N) is 1. The molecule has 3 rings (SSSR count). The van der Waals surface area contributed by atoms with E-state index in [1.54, 1.807) is 6.20 Å². The number of hydrogen-bond acceptors (Lipinski definition) is 2. The Kier molecular flexibility index (Phi) is 1.20. The molecule has 2 aromatic rings. The molecule has 0 atom stereocenters. The highest BCUT2D eigenvalue weighted by atomic mass is 14.8.